The lowest BCUT2D eigenvalue weighted by atomic mass is 10.00. The first kappa shape index (κ1) is 14.9. The van der Waals surface area contributed by atoms with Crippen LogP contribution in [-0.2, 0) is 4.74 Å². The van der Waals surface area contributed by atoms with Gasteiger partial charge < -0.3 is 10.1 Å². The van der Waals surface area contributed by atoms with Gasteiger partial charge in [0, 0.05) is 20.2 Å². The maximum atomic E-state index is 5.03. The topological polar surface area (TPSA) is 21.3 Å². The van der Waals surface area contributed by atoms with Crippen molar-refractivity contribution in [2.24, 2.45) is 5.92 Å². The number of rotatable bonds is 7. The van der Waals surface area contributed by atoms with E-state index in [2.05, 4.69) is 56.4 Å². The van der Waals surface area contributed by atoms with Gasteiger partial charge in [-0.2, -0.15) is 0 Å². The van der Waals surface area contributed by atoms with E-state index in [9.17, 15) is 0 Å². The van der Waals surface area contributed by atoms with E-state index in [0.717, 1.165) is 19.7 Å². The molecule has 1 N–H and O–H groups in total. The van der Waals surface area contributed by atoms with E-state index in [-0.39, 0.29) is 0 Å². The van der Waals surface area contributed by atoms with Crippen LogP contribution in [-0.4, -0.2) is 26.8 Å². The molecule has 0 aliphatic carbocycles. The summed E-state index contributed by atoms with van der Waals surface area (Å²) in [4.78, 5) is 0. The highest BCUT2D eigenvalue weighted by atomic mass is 16.5. The molecule has 0 bridgehead atoms. The lowest BCUT2D eigenvalue weighted by Crippen LogP contribution is -2.23. The molecular weight excluding hydrogens is 222 g/mol. The first-order valence-corrected chi connectivity index (χ1v) is 6.60. The van der Waals surface area contributed by atoms with Crippen molar-refractivity contribution in [1.82, 2.24) is 5.32 Å². The number of hydrogen-bond acceptors (Lipinski definition) is 2. The minimum atomic E-state index is 0.557. The van der Waals surface area contributed by atoms with E-state index < -0.39 is 0 Å². The molecule has 0 fully saturated rings. The molecule has 0 amide bonds. The first-order valence-electron chi connectivity index (χ1n) is 6.60. The van der Waals surface area contributed by atoms with Crippen molar-refractivity contribution in [3.05, 3.63) is 41.0 Å². The Labute approximate surface area is 111 Å². The quantitative estimate of drug-likeness (QED) is 0.747. The lowest BCUT2D eigenvalue weighted by Gasteiger charge is -2.13. The summed E-state index contributed by atoms with van der Waals surface area (Å²) in [6, 6.07) is 8.66. The Hall–Kier alpha value is -1.12. The van der Waals surface area contributed by atoms with Gasteiger partial charge in [0.2, 0.25) is 0 Å². The van der Waals surface area contributed by atoms with Gasteiger partial charge in [-0.05, 0) is 18.4 Å². The number of benzene rings is 1. The third-order valence-corrected chi connectivity index (χ3v) is 2.98. The zero-order valence-electron chi connectivity index (χ0n) is 12.0. The predicted molar refractivity (Wildman–Crippen MR) is 78.7 cm³/mol. The van der Waals surface area contributed by atoms with Crippen LogP contribution >= 0.6 is 0 Å². The molecule has 0 atom stereocenters. The minimum absolute atomic E-state index is 0.557. The van der Waals surface area contributed by atoms with Crippen molar-refractivity contribution in [1.29, 1.82) is 0 Å². The summed E-state index contributed by atoms with van der Waals surface area (Å²) >= 11 is 0. The summed E-state index contributed by atoms with van der Waals surface area (Å²) in [5.74, 6) is 0.557. The Morgan fingerprint density at radius 2 is 1.94 bits per heavy atom. The average Bonchev–Trinajstić information content (AvgIpc) is 2.35. The van der Waals surface area contributed by atoms with Crippen molar-refractivity contribution in [2.75, 3.05) is 26.8 Å². The highest BCUT2D eigenvalue weighted by molar-refractivity contribution is 5.54. The zero-order chi connectivity index (χ0) is 13.4. The molecule has 0 aromatic heterocycles. The summed E-state index contributed by atoms with van der Waals surface area (Å²) in [7, 11) is 1.73. The van der Waals surface area contributed by atoms with Gasteiger partial charge in [-0.1, -0.05) is 55.3 Å². The SMILES string of the molecule is COCCNCC(=Cc1ccc(C)cc1)C(C)C. The number of ether oxygens (including phenoxy) is 1. The van der Waals surface area contributed by atoms with Gasteiger partial charge in [0.25, 0.3) is 0 Å². The number of hydrogen-bond donors (Lipinski definition) is 1. The fourth-order valence-corrected chi connectivity index (χ4v) is 1.71. The third kappa shape index (κ3) is 5.48. The molecule has 1 rings (SSSR count). The smallest absolute Gasteiger partial charge is 0.0587 e. The standard InChI is InChI=1S/C16H25NO/c1-13(2)16(12-17-9-10-18-4)11-15-7-5-14(3)6-8-15/h5-8,11,13,17H,9-10,12H2,1-4H3. The van der Waals surface area contributed by atoms with Gasteiger partial charge in [-0.15, -0.1) is 0 Å². The van der Waals surface area contributed by atoms with Gasteiger partial charge in [-0.3, -0.25) is 0 Å². The van der Waals surface area contributed by atoms with E-state index >= 15 is 0 Å². The van der Waals surface area contributed by atoms with Crippen LogP contribution in [0.15, 0.2) is 29.8 Å². The summed E-state index contributed by atoms with van der Waals surface area (Å²) in [5, 5.41) is 3.41. The molecule has 1 aromatic rings. The van der Waals surface area contributed by atoms with E-state index in [1.54, 1.807) is 7.11 Å². The molecule has 2 nitrogen and oxygen atoms in total. The number of nitrogens with one attached hydrogen (secondary N) is 1. The Bertz CT molecular complexity index is 365. The molecule has 0 aliphatic rings. The van der Waals surface area contributed by atoms with E-state index in [1.165, 1.54) is 16.7 Å². The third-order valence-electron chi connectivity index (χ3n) is 2.98. The predicted octanol–water partition coefficient (Wildman–Crippen LogP) is 3.27. The van der Waals surface area contributed by atoms with Crippen LogP contribution < -0.4 is 5.32 Å². The van der Waals surface area contributed by atoms with Gasteiger partial charge in [0.15, 0.2) is 0 Å². The summed E-state index contributed by atoms with van der Waals surface area (Å²) in [6.07, 6.45) is 2.28. The van der Waals surface area contributed by atoms with Crippen molar-refractivity contribution in [3.63, 3.8) is 0 Å². The van der Waals surface area contributed by atoms with Crippen LogP contribution in [0.2, 0.25) is 0 Å². The fourth-order valence-electron chi connectivity index (χ4n) is 1.71. The maximum absolute atomic E-state index is 5.03. The molecule has 0 saturated heterocycles. The fraction of sp³-hybridized carbons (Fsp3) is 0.500. The molecule has 0 radical (unpaired) electrons. The summed E-state index contributed by atoms with van der Waals surface area (Å²) < 4.78 is 5.03. The second-order valence-corrected chi connectivity index (χ2v) is 4.95. The molecule has 0 unspecified atom stereocenters. The molecule has 0 saturated carbocycles. The second-order valence-electron chi connectivity index (χ2n) is 4.95. The minimum Gasteiger partial charge on any atom is -0.383 e. The zero-order valence-corrected chi connectivity index (χ0v) is 12.0. The van der Waals surface area contributed by atoms with Gasteiger partial charge in [0.05, 0.1) is 6.61 Å². The van der Waals surface area contributed by atoms with Gasteiger partial charge >= 0.3 is 0 Å². The first-order chi connectivity index (χ1) is 8.63. The van der Waals surface area contributed by atoms with E-state index in [0.29, 0.717) is 5.92 Å². The van der Waals surface area contributed by atoms with Gasteiger partial charge in [-0.25, -0.2) is 0 Å². The van der Waals surface area contributed by atoms with Crippen molar-refractivity contribution in [2.45, 2.75) is 20.8 Å². The molecule has 2 heteroatoms. The normalized spacial score (nSPS) is 12.2. The van der Waals surface area contributed by atoms with E-state index in [1.807, 2.05) is 0 Å². The van der Waals surface area contributed by atoms with Crippen LogP contribution in [0.3, 0.4) is 0 Å². The van der Waals surface area contributed by atoms with Gasteiger partial charge in [0.1, 0.15) is 0 Å². The average molecular weight is 247 g/mol. The molecule has 0 spiro atoms. The Morgan fingerprint density at radius 1 is 1.28 bits per heavy atom. The van der Waals surface area contributed by atoms with Crippen LogP contribution in [0.4, 0.5) is 0 Å². The Morgan fingerprint density at radius 3 is 2.50 bits per heavy atom. The van der Waals surface area contributed by atoms with Crippen LogP contribution in [0.25, 0.3) is 6.08 Å². The van der Waals surface area contributed by atoms with Crippen molar-refractivity contribution < 1.29 is 4.74 Å². The molecule has 1 aromatic carbocycles. The lowest BCUT2D eigenvalue weighted by molar-refractivity contribution is 0.200. The molecule has 0 heterocycles. The van der Waals surface area contributed by atoms with Crippen LogP contribution in [0.1, 0.15) is 25.0 Å². The highest BCUT2D eigenvalue weighted by Gasteiger charge is 2.03. The van der Waals surface area contributed by atoms with Crippen LogP contribution in [0.5, 0.6) is 0 Å². The number of aryl methyl sites for hydroxylation is 1. The largest absolute Gasteiger partial charge is 0.383 e. The molecule has 0 aliphatic heterocycles. The Balaban J connectivity index is 2.63. The van der Waals surface area contributed by atoms with E-state index in [4.69, 9.17) is 4.74 Å². The molecule has 100 valence electrons. The molecular formula is C16H25NO. The van der Waals surface area contributed by atoms with Crippen molar-refractivity contribution in [3.8, 4) is 0 Å². The molecule has 18 heavy (non-hydrogen) atoms. The summed E-state index contributed by atoms with van der Waals surface area (Å²) in [5.41, 5.74) is 4.00. The summed E-state index contributed by atoms with van der Waals surface area (Å²) in [6.45, 7) is 9.17. The second kappa shape index (κ2) is 8.06. The number of methoxy groups -OCH3 is 1. The Kier molecular flexibility index (Phi) is 6.69. The highest BCUT2D eigenvalue weighted by Crippen LogP contribution is 2.14. The van der Waals surface area contributed by atoms with Crippen molar-refractivity contribution >= 4 is 6.08 Å². The maximum Gasteiger partial charge on any atom is 0.0587 e. The monoisotopic (exact) mass is 247 g/mol. The van der Waals surface area contributed by atoms with Crippen LogP contribution in [0, 0.1) is 12.8 Å².